The van der Waals surface area contributed by atoms with E-state index in [9.17, 15) is 27.8 Å². The average Bonchev–Trinajstić information content (AvgIpc) is 2.62. The van der Waals surface area contributed by atoms with Crippen molar-refractivity contribution in [1.82, 2.24) is 15.1 Å². The molecule has 1 saturated heterocycles. The fraction of sp³-hybridized carbons (Fsp3) is 0.474. The van der Waals surface area contributed by atoms with Crippen LogP contribution in [-0.2, 0) is 6.18 Å². The van der Waals surface area contributed by atoms with Crippen molar-refractivity contribution in [3.63, 3.8) is 0 Å². The molecule has 5 nitrogen and oxygen atoms in total. The predicted octanol–water partition coefficient (Wildman–Crippen LogP) is 3.69. The Labute approximate surface area is 159 Å². The van der Waals surface area contributed by atoms with E-state index in [1.807, 2.05) is 7.05 Å². The Morgan fingerprint density at radius 3 is 2.54 bits per heavy atom. The smallest absolute Gasteiger partial charge is 0.419 e. The zero-order valence-electron chi connectivity index (χ0n) is 15.5. The van der Waals surface area contributed by atoms with E-state index in [0.29, 0.717) is 29.9 Å². The molecular formula is C19H21F4N3O2. The normalized spacial score (nSPS) is 19.6. The first kappa shape index (κ1) is 20.5. The van der Waals surface area contributed by atoms with Crippen molar-refractivity contribution in [2.45, 2.75) is 32.0 Å². The second-order valence-corrected chi connectivity index (χ2v) is 7.26. The van der Waals surface area contributed by atoms with Crippen LogP contribution in [-0.4, -0.2) is 45.4 Å². The van der Waals surface area contributed by atoms with Crippen LogP contribution in [0, 0.1) is 18.7 Å². The summed E-state index contributed by atoms with van der Waals surface area (Å²) in [7, 11) is 1.97. The molecule has 0 saturated carbocycles. The minimum Gasteiger partial charge on any atom is -0.507 e. The topological polar surface area (TPSA) is 69.5 Å². The molecule has 152 valence electrons. The van der Waals surface area contributed by atoms with E-state index < -0.39 is 29.4 Å². The number of aliphatic hydroxyl groups is 1. The van der Waals surface area contributed by atoms with Crippen LogP contribution in [0.5, 0.6) is 5.75 Å². The molecule has 1 aromatic carbocycles. The Hall–Kier alpha value is -2.26. The molecule has 3 rings (SSSR count). The lowest BCUT2D eigenvalue weighted by Crippen LogP contribution is -2.35. The highest BCUT2D eigenvalue weighted by Crippen LogP contribution is 2.39. The molecule has 1 fully saturated rings. The number of likely N-dealkylation sites (tertiary alicyclic amines) is 1. The van der Waals surface area contributed by atoms with Gasteiger partial charge in [-0.3, -0.25) is 0 Å². The number of hydrogen-bond acceptors (Lipinski definition) is 5. The summed E-state index contributed by atoms with van der Waals surface area (Å²) in [5.74, 6) is -2.25. The molecular weight excluding hydrogens is 378 g/mol. The third kappa shape index (κ3) is 4.10. The molecule has 9 heteroatoms. The third-order valence-electron chi connectivity index (χ3n) is 5.06. The van der Waals surface area contributed by atoms with Crippen LogP contribution < -0.4 is 0 Å². The fourth-order valence-corrected chi connectivity index (χ4v) is 3.59. The van der Waals surface area contributed by atoms with Gasteiger partial charge in [-0.05, 0) is 57.1 Å². The molecule has 2 atom stereocenters. The molecule has 1 aromatic heterocycles. The number of phenolic OH excluding ortho intramolecular Hbond substituents is 1. The van der Waals surface area contributed by atoms with Crippen LogP contribution in [0.3, 0.4) is 0 Å². The number of nitrogens with zero attached hydrogens (tertiary/aromatic N) is 3. The van der Waals surface area contributed by atoms with Crippen molar-refractivity contribution < 1.29 is 27.8 Å². The summed E-state index contributed by atoms with van der Waals surface area (Å²) in [6, 6.07) is 2.50. The van der Waals surface area contributed by atoms with Crippen LogP contribution in [0.15, 0.2) is 18.2 Å². The minimum atomic E-state index is -4.91. The largest absolute Gasteiger partial charge is 0.507 e. The molecule has 2 unspecified atom stereocenters. The average molecular weight is 399 g/mol. The zero-order chi connectivity index (χ0) is 20.6. The highest BCUT2D eigenvalue weighted by Gasteiger charge is 2.35. The summed E-state index contributed by atoms with van der Waals surface area (Å²) < 4.78 is 52.2. The van der Waals surface area contributed by atoms with Crippen molar-refractivity contribution in [1.29, 1.82) is 0 Å². The number of aromatic nitrogens is 2. The first-order valence-electron chi connectivity index (χ1n) is 8.89. The van der Waals surface area contributed by atoms with E-state index in [-0.39, 0.29) is 17.2 Å². The van der Waals surface area contributed by atoms with Gasteiger partial charge in [0.1, 0.15) is 17.7 Å². The Balaban J connectivity index is 1.92. The van der Waals surface area contributed by atoms with Gasteiger partial charge in [0.25, 0.3) is 0 Å². The van der Waals surface area contributed by atoms with Crippen LogP contribution in [0.25, 0.3) is 11.3 Å². The van der Waals surface area contributed by atoms with Gasteiger partial charge >= 0.3 is 6.18 Å². The molecule has 2 heterocycles. The molecule has 2 N–H and O–H groups in total. The summed E-state index contributed by atoms with van der Waals surface area (Å²) >= 11 is 0. The maximum absolute atomic E-state index is 13.9. The number of rotatable bonds is 3. The Morgan fingerprint density at radius 2 is 1.93 bits per heavy atom. The van der Waals surface area contributed by atoms with Crippen molar-refractivity contribution in [2.75, 3.05) is 20.1 Å². The maximum atomic E-state index is 13.9. The van der Waals surface area contributed by atoms with E-state index in [2.05, 4.69) is 15.1 Å². The van der Waals surface area contributed by atoms with Gasteiger partial charge in [0.15, 0.2) is 0 Å². The fourth-order valence-electron chi connectivity index (χ4n) is 3.59. The molecule has 0 spiro atoms. The van der Waals surface area contributed by atoms with Gasteiger partial charge in [0.05, 0.1) is 17.0 Å². The van der Waals surface area contributed by atoms with Crippen LogP contribution in [0.2, 0.25) is 0 Å². The third-order valence-corrected chi connectivity index (χ3v) is 5.06. The lowest BCUT2D eigenvalue weighted by molar-refractivity contribution is -0.140. The zero-order valence-corrected chi connectivity index (χ0v) is 15.5. The minimum absolute atomic E-state index is 0.00443. The molecule has 1 aliphatic rings. The van der Waals surface area contributed by atoms with Crippen molar-refractivity contribution >= 4 is 0 Å². The standard InChI is InChI=1S/C19H21F4N3O2/c1-10-6-15(18(28)11-4-3-5-26(2)9-11)24-25-17(10)12-7-14(20)13(8-16(12)27)19(21,22)23/h6-8,11,18,27-28H,3-5,9H2,1-2H3. The highest BCUT2D eigenvalue weighted by molar-refractivity contribution is 5.70. The summed E-state index contributed by atoms with van der Waals surface area (Å²) in [5, 5.41) is 28.5. The molecule has 1 aliphatic heterocycles. The van der Waals surface area contributed by atoms with Gasteiger partial charge in [-0.25, -0.2) is 4.39 Å². The van der Waals surface area contributed by atoms with E-state index in [4.69, 9.17) is 0 Å². The van der Waals surface area contributed by atoms with E-state index in [1.165, 1.54) is 0 Å². The Bertz CT molecular complexity index is 873. The van der Waals surface area contributed by atoms with Crippen LogP contribution in [0.4, 0.5) is 17.6 Å². The number of aromatic hydroxyl groups is 1. The second-order valence-electron chi connectivity index (χ2n) is 7.26. The SMILES string of the molecule is Cc1cc(C(O)C2CCCN(C)C2)nnc1-c1cc(F)c(C(F)(F)F)cc1O. The summed E-state index contributed by atoms with van der Waals surface area (Å²) in [5.41, 5.74) is -0.875. The Kier molecular flexibility index (Phi) is 5.58. The van der Waals surface area contributed by atoms with Gasteiger partial charge in [0, 0.05) is 18.0 Å². The van der Waals surface area contributed by atoms with E-state index in [0.717, 1.165) is 19.4 Å². The van der Waals surface area contributed by atoms with Gasteiger partial charge in [-0.15, -0.1) is 5.10 Å². The van der Waals surface area contributed by atoms with Crippen molar-refractivity contribution in [2.24, 2.45) is 5.92 Å². The first-order chi connectivity index (χ1) is 13.1. The molecule has 2 aromatic rings. The second kappa shape index (κ2) is 7.63. The molecule has 0 amide bonds. The summed E-state index contributed by atoms with van der Waals surface area (Å²) in [4.78, 5) is 2.12. The van der Waals surface area contributed by atoms with Gasteiger partial charge in [0.2, 0.25) is 0 Å². The monoisotopic (exact) mass is 399 g/mol. The summed E-state index contributed by atoms with van der Waals surface area (Å²) in [6.45, 7) is 3.29. The molecule has 0 aliphatic carbocycles. The molecule has 28 heavy (non-hydrogen) atoms. The predicted molar refractivity (Wildman–Crippen MR) is 94.0 cm³/mol. The van der Waals surface area contributed by atoms with Gasteiger partial charge in [-0.1, -0.05) is 0 Å². The quantitative estimate of drug-likeness (QED) is 0.771. The number of benzene rings is 1. The number of aryl methyl sites for hydroxylation is 1. The van der Waals surface area contributed by atoms with Crippen molar-refractivity contribution in [3.05, 3.63) is 40.8 Å². The van der Waals surface area contributed by atoms with Gasteiger partial charge < -0.3 is 15.1 Å². The highest BCUT2D eigenvalue weighted by atomic mass is 19.4. The number of alkyl halides is 3. The number of piperidine rings is 1. The first-order valence-corrected chi connectivity index (χ1v) is 8.89. The van der Waals surface area contributed by atoms with Crippen LogP contribution in [0.1, 0.15) is 35.8 Å². The molecule has 0 bridgehead atoms. The number of phenols is 1. The van der Waals surface area contributed by atoms with E-state index >= 15 is 0 Å². The number of halogens is 4. The van der Waals surface area contributed by atoms with E-state index in [1.54, 1.807) is 13.0 Å². The maximum Gasteiger partial charge on any atom is 0.419 e. The lowest BCUT2D eigenvalue weighted by atomic mass is 9.90. The van der Waals surface area contributed by atoms with Gasteiger partial charge in [-0.2, -0.15) is 18.3 Å². The molecule has 0 radical (unpaired) electrons. The van der Waals surface area contributed by atoms with Crippen LogP contribution >= 0.6 is 0 Å². The lowest BCUT2D eigenvalue weighted by Gasteiger charge is -2.32. The number of aliphatic hydroxyl groups excluding tert-OH is 1. The summed E-state index contributed by atoms with van der Waals surface area (Å²) in [6.07, 6.45) is -3.94. The Morgan fingerprint density at radius 1 is 1.21 bits per heavy atom. The number of hydrogen-bond donors (Lipinski definition) is 2. The van der Waals surface area contributed by atoms with Crippen molar-refractivity contribution in [3.8, 4) is 17.0 Å².